The monoisotopic (exact) mass is 176 g/mol. The Hall–Kier alpha value is -0.860. The van der Waals surface area contributed by atoms with Gasteiger partial charge in [-0.05, 0) is 18.1 Å². The van der Waals surface area contributed by atoms with Crippen LogP contribution in [0.1, 0.15) is 17.2 Å². The third kappa shape index (κ3) is 1.90. The number of hydrogen-bond acceptors (Lipinski definition) is 1. The van der Waals surface area contributed by atoms with E-state index in [-0.39, 0.29) is 6.10 Å². The third-order valence-corrected chi connectivity index (χ3v) is 2.40. The highest BCUT2D eigenvalue weighted by Crippen LogP contribution is 2.21. The molecule has 1 heterocycles. The van der Waals surface area contributed by atoms with Gasteiger partial charge >= 0.3 is 0 Å². The largest absolute Gasteiger partial charge is 0.371 e. The van der Waals surface area contributed by atoms with Crippen molar-refractivity contribution in [2.45, 2.75) is 13.0 Å². The predicted molar refractivity (Wildman–Crippen MR) is 51.7 cm³/mol. The molecule has 2 heteroatoms. The molecule has 2 rings (SSSR count). The highest BCUT2D eigenvalue weighted by atomic mass is 16.5. The lowest BCUT2D eigenvalue weighted by Crippen LogP contribution is -2.28. The van der Waals surface area contributed by atoms with Gasteiger partial charge in [0.1, 0.15) is 0 Å². The summed E-state index contributed by atoms with van der Waals surface area (Å²) in [6.45, 7) is 4.54. The molecule has 1 radical (unpaired) electrons. The first kappa shape index (κ1) is 8.73. The molecular formula is C11H14NO. The van der Waals surface area contributed by atoms with Gasteiger partial charge in [0.2, 0.25) is 0 Å². The first-order valence-corrected chi connectivity index (χ1v) is 4.68. The van der Waals surface area contributed by atoms with Gasteiger partial charge in [0.15, 0.2) is 0 Å². The van der Waals surface area contributed by atoms with Crippen molar-refractivity contribution in [3.63, 3.8) is 0 Å². The van der Waals surface area contributed by atoms with Crippen molar-refractivity contribution in [3.05, 3.63) is 35.4 Å². The van der Waals surface area contributed by atoms with Crippen molar-refractivity contribution < 1.29 is 4.74 Å². The van der Waals surface area contributed by atoms with Gasteiger partial charge in [-0.1, -0.05) is 24.3 Å². The van der Waals surface area contributed by atoms with E-state index in [4.69, 9.17) is 4.74 Å². The highest BCUT2D eigenvalue weighted by Gasteiger charge is 2.17. The summed E-state index contributed by atoms with van der Waals surface area (Å²) in [4.78, 5) is 0. The molecule has 0 N–H and O–H groups in total. The van der Waals surface area contributed by atoms with E-state index >= 15 is 0 Å². The van der Waals surface area contributed by atoms with E-state index in [0.29, 0.717) is 0 Å². The summed E-state index contributed by atoms with van der Waals surface area (Å²) in [6, 6.07) is 8.35. The Balaban J connectivity index is 2.18. The number of nitrogens with zero attached hydrogens (tertiary/aromatic N) is 1. The van der Waals surface area contributed by atoms with Crippen LogP contribution in [-0.2, 0) is 4.74 Å². The molecule has 69 valence electrons. The summed E-state index contributed by atoms with van der Waals surface area (Å²) in [5, 5.41) is 4.35. The fourth-order valence-electron chi connectivity index (χ4n) is 1.66. The lowest BCUT2D eigenvalue weighted by Gasteiger charge is -2.23. The van der Waals surface area contributed by atoms with Crippen molar-refractivity contribution in [2.24, 2.45) is 0 Å². The molecule has 0 amide bonds. The molecule has 0 bridgehead atoms. The molecule has 1 saturated heterocycles. The number of morpholine rings is 1. The molecular weight excluding hydrogens is 162 g/mol. The maximum atomic E-state index is 5.65. The lowest BCUT2D eigenvalue weighted by molar-refractivity contribution is 0.0257. The second-order valence-electron chi connectivity index (χ2n) is 3.35. The zero-order valence-electron chi connectivity index (χ0n) is 7.86. The minimum absolute atomic E-state index is 0.190. The van der Waals surface area contributed by atoms with Crippen LogP contribution in [0.15, 0.2) is 24.3 Å². The molecule has 1 aliphatic rings. The fourth-order valence-corrected chi connectivity index (χ4v) is 1.66. The Labute approximate surface area is 78.9 Å². The van der Waals surface area contributed by atoms with Gasteiger partial charge in [0.25, 0.3) is 0 Å². The molecule has 1 unspecified atom stereocenters. The van der Waals surface area contributed by atoms with Crippen LogP contribution in [0, 0.1) is 6.92 Å². The molecule has 0 aromatic heterocycles. The number of hydrogen-bond donors (Lipinski definition) is 0. The van der Waals surface area contributed by atoms with E-state index in [9.17, 15) is 0 Å². The maximum Gasteiger partial charge on any atom is 0.0969 e. The molecule has 13 heavy (non-hydrogen) atoms. The normalized spacial score (nSPS) is 23.0. The summed E-state index contributed by atoms with van der Waals surface area (Å²) in [6.07, 6.45) is 0.190. The summed E-state index contributed by atoms with van der Waals surface area (Å²) < 4.78 is 5.65. The molecule has 1 aromatic rings. The first-order valence-electron chi connectivity index (χ1n) is 4.68. The molecule has 0 spiro atoms. The molecule has 1 aromatic carbocycles. The summed E-state index contributed by atoms with van der Waals surface area (Å²) in [5.41, 5.74) is 2.58. The Morgan fingerprint density at radius 1 is 1.38 bits per heavy atom. The van der Waals surface area contributed by atoms with Crippen molar-refractivity contribution in [1.29, 1.82) is 0 Å². The predicted octanol–water partition coefficient (Wildman–Crippen LogP) is 1.67. The lowest BCUT2D eigenvalue weighted by atomic mass is 10.0. The Kier molecular flexibility index (Phi) is 2.62. The van der Waals surface area contributed by atoms with Crippen molar-refractivity contribution in [2.75, 3.05) is 19.7 Å². The molecule has 0 aliphatic carbocycles. The van der Waals surface area contributed by atoms with Gasteiger partial charge in [-0.3, -0.25) is 0 Å². The topological polar surface area (TPSA) is 23.3 Å². The van der Waals surface area contributed by atoms with Gasteiger partial charge in [-0.25, -0.2) is 5.32 Å². The van der Waals surface area contributed by atoms with E-state index < -0.39 is 0 Å². The molecule has 2 nitrogen and oxygen atoms in total. The van der Waals surface area contributed by atoms with Gasteiger partial charge in [-0.15, -0.1) is 0 Å². The van der Waals surface area contributed by atoms with Crippen LogP contribution in [0.5, 0.6) is 0 Å². The van der Waals surface area contributed by atoms with Gasteiger partial charge in [0.05, 0.1) is 12.7 Å². The van der Waals surface area contributed by atoms with Crippen molar-refractivity contribution >= 4 is 0 Å². The average molecular weight is 176 g/mol. The van der Waals surface area contributed by atoms with Crippen LogP contribution in [0.4, 0.5) is 0 Å². The van der Waals surface area contributed by atoms with Crippen LogP contribution in [0.3, 0.4) is 0 Å². The van der Waals surface area contributed by atoms with Crippen molar-refractivity contribution in [1.82, 2.24) is 5.32 Å². The van der Waals surface area contributed by atoms with Crippen LogP contribution in [0.2, 0.25) is 0 Å². The maximum absolute atomic E-state index is 5.65. The number of aryl methyl sites for hydroxylation is 1. The van der Waals surface area contributed by atoms with Crippen LogP contribution in [-0.4, -0.2) is 19.7 Å². The van der Waals surface area contributed by atoms with Crippen molar-refractivity contribution in [3.8, 4) is 0 Å². The Bertz CT molecular complexity index is 279. The summed E-state index contributed by atoms with van der Waals surface area (Å²) in [5.74, 6) is 0. The summed E-state index contributed by atoms with van der Waals surface area (Å²) in [7, 11) is 0. The highest BCUT2D eigenvalue weighted by molar-refractivity contribution is 5.28. The van der Waals surface area contributed by atoms with E-state index in [1.165, 1.54) is 11.1 Å². The first-order chi connectivity index (χ1) is 6.38. The standard InChI is InChI=1S/C11H14NO/c1-9-4-2-3-5-10(9)11-8-12-6-7-13-11/h2-5,11H,6-8H2,1H3. The molecule has 1 aliphatic heterocycles. The zero-order chi connectivity index (χ0) is 9.10. The second-order valence-corrected chi connectivity index (χ2v) is 3.35. The van der Waals surface area contributed by atoms with E-state index in [0.717, 1.165) is 19.7 Å². The zero-order valence-corrected chi connectivity index (χ0v) is 7.86. The Morgan fingerprint density at radius 3 is 2.92 bits per heavy atom. The van der Waals surface area contributed by atoms with Gasteiger partial charge < -0.3 is 4.74 Å². The smallest absolute Gasteiger partial charge is 0.0969 e. The summed E-state index contributed by atoms with van der Waals surface area (Å²) >= 11 is 0. The van der Waals surface area contributed by atoms with Crippen LogP contribution < -0.4 is 5.32 Å². The number of rotatable bonds is 1. The second kappa shape index (κ2) is 3.90. The van der Waals surface area contributed by atoms with E-state index in [1.807, 2.05) is 0 Å². The fraction of sp³-hybridized carbons (Fsp3) is 0.455. The van der Waals surface area contributed by atoms with E-state index in [1.54, 1.807) is 0 Å². The molecule has 1 fully saturated rings. The SMILES string of the molecule is Cc1ccccc1C1C[N]CCO1. The van der Waals surface area contributed by atoms with Crippen LogP contribution >= 0.6 is 0 Å². The number of ether oxygens (including phenoxy) is 1. The van der Waals surface area contributed by atoms with Gasteiger partial charge in [-0.2, -0.15) is 0 Å². The number of benzene rings is 1. The molecule has 0 saturated carbocycles. The molecule has 1 atom stereocenters. The Morgan fingerprint density at radius 2 is 2.23 bits per heavy atom. The average Bonchev–Trinajstić information content (AvgIpc) is 2.20. The quantitative estimate of drug-likeness (QED) is 0.638. The minimum atomic E-state index is 0.190. The third-order valence-electron chi connectivity index (χ3n) is 2.40. The van der Waals surface area contributed by atoms with E-state index in [2.05, 4.69) is 36.5 Å². The minimum Gasteiger partial charge on any atom is -0.371 e. The van der Waals surface area contributed by atoms with Crippen LogP contribution in [0.25, 0.3) is 0 Å². The van der Waals surface area contributed by atoms with Gasteiger partial charge in [0, 0.05) is 13.1 Å².